The van der Waals surface area contributed by atoms with Crippen LogP contribution >= 0.6 is 0 Å². The second-order valence-electron chi connectivity index (χ2n) is 5.06. The molecule has 0 aromatic heterocycles. The van der Waals surface area contributed by atoms with E-state index >= 15 is 0 Å². The van der Waals surface area contributed by atoms with Gasteiger partial charge in [0.15, 0.2) is 0 Å². The first-order valence-corrected chi connectivity index (χ1v) is 7.20. The molecule has 0 aliphatic carbocycles. The molecule has 2 amide bonds. The maximum absolute atomic E-state index is 12.1. The summed E-state index contributed by atoms with van der Waals surface area (Å²) in [6.45, 7) is 5.31. The van der Waals surface area contributed by atoms with E-state index in [1.807, 2.05) is 35.2 Å². The monoisotopic (exact) mass is 277 g/mol. The van der Waals surface area contributed by atoms with Crippen LogP contribution in [0, 0.1) is 0 Å². The Bertz CT molecular complexity index is 412. The van der Waals surface area contributed by atoms with E-state index in [2.05, 4.69) is 17.1 Å². The Balaban J connectivity index is 1.83. The van der Waals surface area contributed by atoms with Crippen molar-refractivity contribution in [2.24, 2.45) is 0 Å². The van der Waals surface area contributed by atoms with Gasteiger partial charge < -0.3 is 15.3 Å². The minimum Gasteiger partial charge on any atom is -0.395 e. The number of aliphatic hydroxyl groups is 1. The van der Waals surface area contributed by atoms with Crippen LogP contribution in [0.25, 0.3) is 0 Å². The molecule has 1 aliphatic rings. The zero-order chi connectivity index (χ0) is 14.4. The highest BCUT2D eigenvalue weighted by atomic mass is 16.3. The fourth-order valence-electron chi connectivity index (χ4n) is 2.52. The van der Waals surface area contributed by atoms with E-state index in [1.165, 1.54) is 0 Å². The van der Waals surface area contributed by atoms with E-state index in [0.717, 1.165) is 25.2 Å². The quantitative estimate of drug-likeness (QED) is 0.879. The van der Waals surface area contributed by atoms with Gasteiger partial charge >= 0.3 is 6.03 Å². The summed E-state index contributed by atoms with van der Waals surface area (Å²) >= 11 is 0. The fraction of sp³-hybridized carbons (Fsp3) is 0.533. The molecule has 2 N–H and O–H groups in total. The van der Waals surface area contributed by atoms with Gasteiger partial charge in [-0.15, -0.1) is 0 Å². The maximum atomic E-state index is 12.1. The number of nitrogens with one attached hydrogen (secondary N) is 1. The molecule has 1 atom stereocenters. The van der Waals surface area contributed by atoms with Crippen molar-refractivity contribution in [2.45, 2.75) is 19.4 Å². The lowest BCUT2D eigenvalue weighted by Crippen LogP contribution is -2.53. The summed E-state index contributed by atoms with van der Waals surface area (Å²) in [5, 5.41) is 12.2. The topological polar surface area (TPSA) is 55.8 Å². The summed E-state index contributed by atoms with van der Waals surface area (Å²) in [4.78, 5) is 16.2. The van der Waals surface area contributed by atoms with Crippen molar-refractivity contribution in [3.63, 3.8) is 0 Å². The van der Waals surface area contributed by atoms with Crippen LogP contribution in [0.3, 0.4) is 0 Å². The minimum atomic E-state index is -0.0482. The highest BCUT2D eigenvalue weighted by molar-refractivity contribution is 5.89. The molecule has 2 rings (SSSR count). The summed E-state index contributed by atoms with van der Waals surface area (Å²) in [5.74, 6) is 0. The predicted octanol–water partition coefficient (Wildman–Crippen LogP) is 1.61. The number of hydrogen-bond acceptors (Lipinski definition) is 3. The summed E-state index contributed by atoms with van der Waals surface area (Å²) in [6, 6.07) is 9.66. The molecule has 1 aromatic carbocycles. The summed E-state index contributed by atoms with van der Waals surface area (Å²) in [7, 11) is 0. The van der Waals surface area contributed by atoms with Crippen LogP contribution in [0.2, 0.25) is 0 Å². The van der Waals surface area contributed by atoms with Gasteiger partial charge in [-0.05, 0) is 18.6 Å². The van der Waals surface area contributed by atoms with Gasteiger partial charge in [-0.2, -0.15) is 0 Å². The number of carbonyl (C=O) groups excluding carboxylic acids is 1. The number of anilines is 1. The molecule has 1 fully saturated rings. The number of urea groups is 1. The van der Waals surface area contributed by atoms with Crippen molar-refractivity contribution in [3.05, 3.63) is 30.3 Å². The van der Waals surface area contributed by atoms with Crippen LogP contribution in [-0.2, 0) is 0 Å². The third-order valence-corrected chi connectivity index (χ3v) is 3.82. The average Bonchev–Trinajstić information content (AvgIpc) is 2.50. The highest BCUT2D eigenvalue weighted by Gasteiger charge is 2.24. The van der Waals surface area contributed by atoms with Crippen molar-refractivity contribution in [1.82, 2.24) is 9.80 Å². The number of amides is 2. The van der Waals surface area contributed by atoms with Crippen molar-refractivity contribution >= 4 is 11.7 Å². The van der Waals surface area contributed by atoms with E-state index in [9.17, 15) is 9.90 Å². The lowest BCUT2D eigenvalue weighted by atomic mass is 10.2. The molecule has 0 radical (unpaired) electrons. The van der Waals surface area contributed by atoms with Crippen molar-refractivity contribution in [2.75, 3.05) is 38.1 Å². The number of piperazine rings is 1. The van der Waals surface area contributed by atoms with Crippen molar-refractivity contribution < 1.29 is 9.90 Å². The van der Waals surface area contributed by atoms with E-state index < -0.39 is 0 Å². The second-order valence-corrected chi connectivity index (χ2v) is 5.06. The summed E-state index contributed by atoms with van der Waals surface area (Å²) < 4.78 is 0. The highest BCUT2D eigenvalue weighted by Crippen LogP contribution is 2.11. The van der Waals surface area contributed by atoms with Crippen LogP contribution in [0.5, 0.6) is 0 Å². The van der Waals surface area contributed by atoms with Gasteiger partial charge in [-0.1, -0.05) is 25.1 Å². The molecule has 1 saturated heterocycles. The van der Waals surface area contributed by atoms with Crippen molar-refractivity contribution in [1.29, 1.82) is 0 Å². The lowest BCUT2D eigenvalue weighted by Gasteiger charge is -2.38. The largest absolute Gasteiger partial charge is 0.395 e. The first kappa shape index (κ1) is 14.8. The molecule has 110 valence electrons. The van der Waals surface area contributed by atoms with Crippen molar-refractivity contribution in [3.8, 4) is 0 Å². The summed E-state index contributed by atoms with van der Waals surface area (Å²) in [5.41, 5.74) is 0.821. The Morgan fingerprint density at radius 3 is 2.45 bits per heavy atom. The Labute approximate surface area is 120 Å². The average molecular weight is 277 g/mol. The molecule has 1 aromatic rings. The smallest absolute Gasteiger partial charge is 0.321 e. The molecular formula is C15H23N3O2. The minimum absolute atomic E-state index is 0.0482. The van der Waals surface area contributed by atoms with E-state index in [0.29, 0.717) is 13.1 Å². The van der Waals surface area contributed by atoms with Gasteiger partial charge in [0, 0.05) is 37.9 Å². The van der Waals surface area contributed by atoms with Crippen LogP contribution in [0.15, 0.2) is 30.3 Å². The lowest BCUT2D eigenvalue weighted by molar-refractivity contribution is 0.0766. The van der Waals surface area contributed by atoms with Crippen LogP contribution in [0.1, 0.15) is 13.3 Å². The Morgan fingerprint density at radius 1 is 1.25 bits per heavy atom. The van der Waals surface area contributed by atoms with Gasteiger partial charge in [0.25, 0.3) is 0 Å². The first-order chi connectivity index (χ1) is 9.74. The van der Waals surface area contributed by atoms with Gasteiger partial charge in [-0.3, -0.25) is 4.90 Å². The Kier molecular flexibility index (Phi) is 5.38. The third-order valence-electron chi connectivity index (χ3n) is 3.82. The zero-order valence-corrected chi connectivity index (χ0v) is 12.0. The zero-order valence-electron chi connectivity index (χ0n) is 12.0. The molecule has 5 heteroatoms. The van der Waals surface area contributed by atoms with Gasteiger partial charge in [-0.25, -0.2) is 4.79 Å². The molecule has 5 nitrogen and oxygen atoms in total. The van der Waals surface area contributed by atoms with Crippen LogP contribution in [0.4, 0.5) is 10.5 Å². The number of rotatable bonds is 4. The molecule has 1 heterocycles. The standard InChI is InChI=1S/C15H23N3O2/c1-2-14(12-19)17-8-10-18(11-9-17)15(20)16-13-6-4-3-5-7-13/h3-7,14,19H,2,8-12H2,1H3,(H,16,20). The summed E-state index contributed by atoms with van der Waals surface area (Å²) in [6.07, 6.45) is 0.937. The molecule has 20 heavy (non-hydrogen) atoms. The normalized spacial score (nSPS) is 17.8. The molecule has 1 aliphatic heterocycles. The fourth-order valence-corrected chi connectivity index (χ4v) is 2.52. The molecular weight excluding hydrogens is 254 g/mol. The van der Waals surface area contributed by atoms with Crippen LogP contribution in [-0.4, -0.2) is 59.8 Å². The first-order valence-electron chi connectivity index (χ1n) is 7.20. The number of nitrogens with zero attached hydrogens (tertiary/aromatic N) is 2. The Morgan fingerprint density at radius 2 is 1.90 bits per heavy atom. The molecule has 1 unspecified atom stereocenters. The number of para-hydroxylation sites is 1. The number of benzene rings is 1. The van der Waals surface area contributed by atoms with E-state index in [1.54, 1.807) is 0 Å². The molecule has 0 bridgehead atoms. The van der Waals surface area contributed by atoms with E-state index in [4.69, 9.17) is 0 Å². The number of carbonyl (C=O) groups is 1. The van der Waals surface area contributed by atoms with E-state index in [-0.39, 0.29) is 18.7 Å². The van der Waals surface area contributed by atoms with Gasteiger partial charge in [0.2, 0.25) is 0 Å². The number of aliphatic hydroxyl groups excluding tert-OH is 1. The molecule has 0 spiro atoms. The van der Waals surface area contributed by atoms with Crippen LogP contribution < -0.4 is 5.32 Å². The van der Waals surface area contributed by atoms with Gasteiger partial charge in [0.05, 0.1) is 6.61 Å². The third kappa shape index (κ3) is 3.71. The second kappa shape index (κ2) is 7.26. The number of hydrogen-bond donors (Lipinski definition) is 2. The predicted molar refractivity (Wildman–Crippen MR) is 79.8 cm³/mol. The van der Waals surface area contributed by atoms with Gasteiger partial charge in [0.1, 0.15) is 0 Å². The molecule has 0 saturated carbocycles. The maximum Gasteiger partial charge on any atom is 0.321 e. The Hall–Kier alpha value is -1.59. The SMILES string of the molecule is CCC(CO)N1CCN(C(=O)Nc2ccccc2)CC1.